The van der Waals surface area contributed by atoms with E-state index in [4.69, 9.17) is 10.2 Å². The smallest absolute Gasteiger partial charge is 0.213 e. The van der Waals surface area contributed by atoms with E-state index in [1.807, 2.05) is 38.1 Å². The van der Waals surface area contributed by atoms with E-state index in [2.05, 4.69) is 15.3 Å². The fourth-order valence-electron chi connectivity index (χ4n) is 2.11. The van der Waals surface area contributed by atoms with Gasteiger partial charge in [0.25, 0.3) is 0 Å². The molecule has 2 heterocycles. The van der Waals surface area contributed by atoms with Gasteiger partial charge in [-0.1, -0.05) is 0 Å². The number of pyridine rings is 1. The molecule has 20 heavy (non-hydrogen) atoms. The molecule has 3 aromatic rings. The van der Waals surface area contributed by atoms with Gasteiger partial charge >= 0.3 is 0 Å². The quantitative estimate of drug-likeness (QED) is 0.714. The van der Waals surface area contributed by atoms with E-state index in [9.17, 15) is 0 Å². The maximum Gasteiger partial charge on any atom is 0.213 e. The Kier molecular flexibility index (Phi) is 3.02. The fourth-order valence-corrected chi connectivity index (χ4v) is 2.11. The predicted molar refractivity (Wildman–Crippen MR) is 79.5 cm³/mol. The lowest BCUT2D eigenvalue weighted by molar-refractivity contribution is 0.478. The van der Waals surface area contributed by atoms with Crippen molar-refractivity contribution in [1.29, 1.82) is 0 Å². The SMILES string of the molecule is Cc1nc(CNc2ccc3ncccc3c2N)oc1C. The molecule has 3 rings (SSSR count). The van der Waals surface area contributed by atoms with Gasteiger partial charge in [0.2, 0.25) is 5.89 Å². The lowest BCUT2D eigenvalue weighted by atomic mass is 10.1. The topological polar surface area (TPSA) is 77.0 Å². The molecular weight excluding hydrogens is 252 g/mol. The highest BCUT2D eigenvalue weighted by Gasteiger charge is 2.08. The van der Waals surface area contributed by atoms with Gasteiger partial charge in [-0.05, 0) is 38.1 Å². The van der Waals surface area contributed by atoms with Gasteiger partial charge in [-0.25, -0.2) is 4.98 Å². The summed E-state index contributed by atoms with van der Waals surface area (Å²) in [7, 11) is 0. The molecule has 0 aliphatic rings. The van der Waals surface area contributed by atoms with Gasteiger partial charge in [-0.2, -0.15) is 0 Å². The number of nitrogens with zero attached hydrogens (tertiary/aromatic N) is 2. The molecule has 2 aromatic heterocycles. The number of hydrogen-bond donors (Lipinski definition) is 2. The average Bonchev–Trinajstić information content (AvgIpc) is 2.77. The second-order valence-corrected chi connectivity index (χ2v) is 4.70. The van der Waals surface area contributed by atoms with Crippen LogP contribution < -0.4 is 11.1 Å². The van der Waals surface area contributed by atoms with Crippen LogP contribution in [0.1, 0.15) is 17.3 Å². The van der Waals surface area contributed by atoms with Gasteiger partial charge in [-0.15, -0.1) is 0 Å². The van der Waals surface area contributed by atoms with Crippen molar-refractivity contribution in [2.75, 3.05) is 11.1 Å². The first-order chi connectivity index (χ1) is 9.65. The number of aromatic nitrogens is 2. The lowest BCUT2D eigenvalue weighted by Gasteiger charge is -2.09. The molecule has 0 unspecified atom stereocenters. The molecule has 0 aliphatic heterocycles. The van der Waals surface area contributed by atoms with E-state index >= 15 is 0 Å². The average molecular weight is 268 g/mol. The third-order valence-corrected chi connectivity index (χ3v) is 3.33. The molecule has 5 heteroatoms. The molecule has 0 spiro atoms. The normalized spacial score (nSPS) is 10.9. The van der Waals surface area contributed by atoms with Crippen molar-refractivity contribution < 1.29 is 4.42 Å². The molecule has 0 bridgehead atoms. The van der Waals surface area contributed by atoms with Crippen molar-refractivity contribution in [3.8, 4) is 0 Å². The van der Waals surface area contributed by atoms with Gasteiger partial charge in [-0.3, -0.25) is 4.98 Å². The summed E-state index contributed by atoms with van der Waals surface area (Å²) in [4.78, 5) is 8.61. The summed E-state index contributed by atoms with van der Waals surface area (Å²) in [5.41, 5.74) is 9.52. The molecule has 0 radical (unpaired) electrons. The van der Waals surface area contributed by atoms with Crippen LogP contribution in [0.25, 0.3) is 10.9 Å². The van der Waals surface area contributed by atoms with Gasteiger partial charge in [0, 0.05) is 11.6 Å². The minimum atomic E-state index is 0.505. The standard InChI is InChI=1S/C15H16N4O/c1-9-10(2)20-14(19-9)8-18-13-6-5-12-11(15(13)16)4-3-7-17-12/h3-7,18H,8,16H2,1-2H3. The Bertz CT molecular complexity index is 744. The zero-order chi connectivity index (χ0) is 14.1. The molecular formula is C15H16N4O. The monoisotopic (exact) mass is 268 g/mol. The summed E-state index contributed by atoms with van der Waals surface area (Å²) in [6.07, 6.45) is 1.76. The molecule has 0 aliphatic carbocycles. The number of nitrogens with one attached hydrogen (secondary N) is 1. The first kappa shape index (κ1) is 12.5. The number of benzene rings is 1. The van der Waals surface area contributed by atoms with Crippen LogP contribution >= 0.6 is 0 Å². The predicted octanol–water partition coefficient (Wildman–Crippen LogP) is 3.03. The van der Waals surface area contributed by atoms with Gasteiger partial charge < -0.3 is 15.5 Å². The molecule has 102 valence electrons. The van der Waals surface area contributed by atoms with Crippen LogP contribution in [0.4, 0.5) is 11.4 Å². The third-order valence-electron chi connectivity index (χ3n) is 3.33. The van der Waals surface area contributed by atoms with E-state index in [1.165, 1.54) is 0 Å². The van der Waals surface area contributed by atoms with E-state index in [1.54, 1.807) is 6.20 Å². The maximum atomic E-state index is 6.16. The molecule has 0 atom stereocenters. The molecule has 0 fully saturated rings. The number of aryl methyl sites for hydroxylation is 2. The van der Waals surface area contributed by atoms with Crippen molar-refractivity contribution in [2.24, 2.45) is 0 Å². The van der Waals surface area contributed by atoms with Crippen LogP contribution in [-0.2, 0) is 6.54 Å². The molecule has 1 aromatic carbocycles. The van der Waals surface area contributed by atoms with E-state index < -0.39 is 0 Å². The Labute approximate surface area is 116 Å². The molecule has 3 N–H and O–H groups in total. The zero-order valence-electron chi connectivity index (χ0n) is 11.5. The summed E-state index contributed by atoms with van der Waals surface area (Å²) in [6.45, 7) is 4.34. The molecule has 0 saturated carbocycles. The van der Waals surface area contributed by atoms with Crippen molar-refractivity contribution in [2.45, 2.75) is 20.4 Å². The molecule has 0 saturated heterocycles. The molecule has 0 amide bonds. The van der Waals surface area contributed by atoms with Crippen molar-refractivity contribution >= 4 is 22.3 Å². The first-order valence-electron chi connectivity index (χ1n) is 6.45. The minimum Gasteiger partial charge on any atom is -0.444 e. The van der Waals surface area contributed by atoms with Gasteiger partial charge in [0.1, 0.15) is 5.76 Å². The largest absolute Gasteiger partial charge is 0.444 e. The van der Waals surface area contributed by atoms with E-state index in [-0.39, 0.29) is 0 Å². The van der Waals surface area contributed by atoms with Crippen LogP contribution in [0.5, 0.6) is 0 Å². The minimum absolute atomic E-state index is 0.505. The third kappa shape index (κ3) is 2.18. The summed E-state index contributed by atoms with van der Waals surface area (Å²) in [6, 6.07) is 7.71. The van der Waals surface area contributed by atoms with E-state index in [0.29, 0.717) is 18.1 Å². The zero-order valence-corrected chi connectivity index (χ0v) is 11.5. The van der Waals surface area contributed by atoms with Crippen LogP contribution in [0.3, 0.4) is 0 Å². The number of anilines is 2. The highest BCUT2D eigenvalue weighted by Crippen LogP contribution is 2.27. The van der Waals surface area contributed by atoms with Crippen molar-refractivity contribution in [3.63, 3.8) is 0 Å². The Morgan fingerprint density at radius 3 is 2.85 bits per heavy atom. The van der Waals surface area contributed by atoms with Gasteiger partial charge in [0.15, 0.2) is 0 Å². The highest BCUT2D eigenvalue weighted by atomic mass is 16.4. The van der Waals surface area contributed by atoms with Crippen LogP contribution in [0, 0.1) is 13.8 Å². The second-order valence-electron chi connectivity index (χ2n) is 4.70. The van der Waals surface area contributed by atoms with Crippen LogP contribution in [0.15, 0.2) is 34.9 Å². The lowest BCUT2D eigenvalue weighted by Crippen LogP contribution is -2.03. The highest BCUT2D eigenvalue weighted by molar-refractivity contribution is 5.96. The van der Waals surface area contributed by atoms with Gasteiger partial charge in [0.05, 0.1) is 29.1 Å². The summed E-state index contributed by atoms with van der Waals surface area (Å²) >= 11 is 0. The molecule has 5 nitrogen and oxygen atoms in total. The second kappa shape index (κ2) is 4.85. The Balaban J connectivity index is 1.86. The Morgan fingerprint density at radius 1 is 1.25 bits per heavy atom. The van der Waals surface area contributed by atoms with Crippen LogP contribution in [0.2, 0.25) is 0 Å². The van der Waals surface area contributed by atoms with Crippen molar-refractivity contribution in [1.82, 2.24) is 9.97 Å². The first-order valence-corrected chi connectivity index (χ1v) is 6.45. The van der Waals surface area contributed by atoms with Crippen LogP contribution in [-0.4, -0.2) is 9.97 Å². The fraction of sp³-hybridized carbons (Fsp3) is 0.200. The maximum absolute atomic E-state index is 6.16. The number of nitrogen functional groups attached to an aromatic ring is 1. The number of rotatable bonds is 3. The summed E-state index contributed by atoms with van der Waals surface area (Å²) in [5.74, 6) is 1.50. The Hall–Kier alpha value is -2.56. The number of hydrogen-bond acceptors (Lipinski definition) is 5. The summed E-state index contributed by atoms with van der Waals surface area (Å²) < 4.78 is 5.54. The number of nitrogens with two attached hydrogens (primary N) is 1. The van der Waals surface area contributed by atoms with Crippen molar-refractivity contribution in [3.05, 3.63) is 47.8 Å². The Morgan fingerprint density at radius 2 is 2.10 bits per heavy atom. The van der Waals surface area contributed by atoms with E-state index in [0.717, 1.165) is 28.0 Å². The summed E-state index contributed by atoms with van der Waals surface area (Å²) in [5, 5.41) is 4.19. The number of fused-ring (bicyclic) bond motifs is 1. The number of oxazole rings is 1.